The molecule has 0 saturated heterocycles. The fraction of sp³-hybridized carbons (Fsp3) is 0.533. The average molecular weight is 247 g/mol. The first-order valence-corrected chi connectivity index (χ1v) is 6.78. The van der Waals surface area contributed by atoms with Crippen molar-refractivity contribution in [3.8, 4) is 0 Å². The van der Waals surface area contributed by atoms with Gasteiger partial charge in [0, 0.05) is 5.56 Å². The summed E-state index contributed by atoms with van der Waals surface area (Å²) in [5.41, 5.74) is 1.90. The molecule has 1 aliphatic carbocycles. The van der Waals surface area contributed by atoms with Crippen molar-refractivity contribution in [3.63, 3.8) is 0 Å². The van der Waals surface area contributed by atoms with E-state index >= 15 is 0 Å². The molecule has 2 N–H and O–H groups in total. The van der Waals surface area contributed by atoms with Gasteiger partial charge in [-0.05, 0) is 37.0 Å². The van der Waals surface area contributed by atoms with Crippen molar-refractivity contribution in [1.82, 2.24) is 5.32 Å². The molecule has 1 amide bonds. The second-order valence-corrected chi connectivity index (χ2v) is 4.98. The number of hydrogen-bond acceptors (Lipinski definition) is 2. The van der Waals surface area contributed by atoms with E-state index in [-0.39, 0.29) is 11.9 Å². The summed E-state index contributed by atoms with van der Waals surface area (Å²) in [6.45, 7) is 2.09. The summed E-state index contributed by atoms with van der Waals surface area (Å²) in [6, 6.07) is 7.57. The molecule has 0 spiro atoms. The Labute approximate surface area is 108 Å². The van der Waals surface area contributed by atoms with Crippen molar-refractivity contribution in [2.75, 3.05) is 0 Å². The predicted molar refractivity (Wildman–Crippen MR) is 71.5 cm³/mol. The highest BCUT2D eigenvalue weighted by Gasteiger charge is 2.24. The van der Waals surface area contributed by atoms with E-state index in [9.17, 15) is 9.90 Å². The van der Waals surface area contributed by atoms with Gasteiger partial charge in [0.25, 0.3) is 5.91 Å². The number of hydrogen-bond donors (Lipinski definition) is 2. The van der Waals surface area contributed by atoms with E-state index in [1.165, 1.54) is 5.56 Å². The SMILES string of the molecule is CCc1ccc(C(=O)N[C@H]2CCCC[C@@H]2O)cc1. The van der Waals surface area contributed by atoms with Crippen LogP contribution in [0.4, 0.5) is 0 Å². The van der Waals surface area contributed by atoms with E-state index in [0.717, 1.165) is 32.1 Å². The average Bonchev–Trinajstić information content (AvgIpc) is 2.41. The van der Waals surface area contributed by atoms with Gasteiger partial charge in [-0.2, -0.15) is 0 Å². The van der Waals surface area contributed by atoms with Gasteiger partial charge >= 0.3 is 0 Å². The quantitative estimate of drug-likeness (QED) is 0.861. The molecule has 0 heterocycles. The van der Waals surface area contributed by atoms with Gasteiger partial charge in [0.15, 0.2) is 0 Å². The minimum atomic E-state index is -0.391. The first-order valence-electron chi connectivity index (χ1n) is 6.78. The zero-order valence-corrected chi connectivity index (χ0v) is 10.9. The summed E-state index contributed by atoms with van der Waals surface area (Å²) in [6.07, 6.45) is 4.39. The summed E-state index contributed by atoms with van der Waals surface area (Å²) in [7, 11) is 0. The Morgan fingerprint density at radius 2 is 1.94 bits per heavy atom. The van der Waals surface area contributed by atoms with Crippen LogP contribution >= 0.6 is 0 Å². The number of rotatable bonds is 3. The van der Waals surface area contributed by atoms with E-state index in [0.29, 0.717) is 5.56 Å². The highest BCUT2D eigenvalue weighted by atomic mass is 16.3. The number of carbonyl (C=O) groups is 1. The first-order chi connectivity index (χ1) is 8.70. The van der Waals surface area contributed by atoms with Crippen molar-refractivity contribution in [2.24, 2.45) is 0 Å². The lowest BCUT2D eigenvalue weighted by Crippen LogP contribution is -2.45. The molecule has 3 nitrogen and oxygen atoms in total. The summed E-state index contributed by atoms with van der Waals surface area (Å²) in [5.74, 6) is -0.0800. The maximum absolute atomic E-state index is 12.0. The molecule has 0 bridgehead atoms. The maximum atomic E-state index is 12.0. The third-order valence-electron chi connectivity index (χ3n) is 3.67. The van der Waals surface area contributed by atoms with Gasteiger partial charge in [-0.3, -0.25) is 4.79 Å². The van der Waals surface area contributed by atoms with Crippen LogP contribution in [0.1, 0.15) is 48.5 Å². The van der Waals surface area contributed by atoms with Crippen molar-refractivity contribution >= 4 is 5.91 Å². The van der Waals surface area contributed by atoms with Crippen molar-refractivity contribution < 1.29 is 9.90 Å². The molecular formula is C15H21NO2. The van der Waals surface area contributed by atoms with Crippen LogP contribution in [0.25, 0.3) is 0 Å². The Bertz CT molecular complexity index is 399. The molecule has 0 aromatic heterocycles. The second kappa shape index (κ2) is 6.01. The molecular weight excluding hydrogens is 226 g/mol. The van der Waals surface area contributed by atoms with Gasteiger partial charge in [0.05, 0.1) is 12.1 Å². The molecule has 2 rings (SSSR count). The number of aryl methyl sites for hydroxylation is 1. The lowest BCUT2D eigenvalue weighted by Gasteiger charge is -2.28. The maximum Gasteiger partial charge on any atom is 0.251 e. The number of amides is 1. The molecule has 1 aromatic carbocycles. The zero-order valence-electron chi connectivity index (χ0n) is 10.9. The van der Waals surface area contributed by atoms with Crippen LogP contribution in [0.5, 0.6) is 0 Å². The van der Waals surface area contributed by atoms with Gasteiger partial charge in [0.2, 0.25) is 0 Å². The molecule has 1 saturated carbocycles. The van der Waals surface area contributed by atoms with Gasteiger partial charge in [-0.25, -0.2) is 0 Å². The second-order valence-electron chi connectivity index (χ2n) is 4.98. The minimum absolute atomic E-state index is 0.0800. The molecule has 18 heavy (non-hydrogen) atoms. The molecule has 0 radical (unpaired) electrons. The van der Waals surface area contributed by atoms with Crippen LogP contribution in [-0.4, -0.2) is 23.2 Å². The fourth-order valence-electron chi connectivity index (χ4n) is 2.42. The molecule has 2 atom stereocenters. The molecule has 1 fully saturated rings. The van der Waals surface area contributed by atoms with E-state index in [1.807, 2.05) is 24.3 Å². The largest absolute Gasteiger partial charge is 0.391 e. The molecule has 0 unspecified atom stereocenters. The Morgan fingerprint density at radius 1 is 1.28 bits per heavy atom. The van der Waals surface area contributed by atoms with Crippen LogP contribution in [-0.2, 0) is 6.42 Å². The lowest BCUT2D eigenvalue weighted by atomic mass is 9.92. The number of aliphatic hydroxyl groups is 1. The van der Waals surface area contributed by atoms with Gasteiger partial charge in [0.1, 0.15) is 0 Å². The Kier molecular flexibility index (Phi) is 4.37. The molecule has 0 aliphatic heterocycles. The molecule has 3 heteroatoms. The highest BCUT2D eigenvalue weighted by molar-refractivity contribution is 5.94. The van der Waals surface area contributed by atoms with E-state index in [4.69, 9.17) is 0 Å². The van der Waals surface area contributed by atoms with Gasteiger partial charge in [-0.1, -0.05) is 31.9 Å². The first kappa shape index (κ1) is 13.1. The van der Waals surface area contributed by atoms with Crippen molar-refractivity contribution in [1.29, 1.82) is 0 Å². The van der Waals surface area contributed by atoms with Crippen molar-refractivity contribution in [2.45, 2.75) is 51.2 Å². The molecule has 98 valence electrons. The molecule has 1 aromatic rings. The van der Waals surface area contributed by atoms with Crippen LogP contribution in [0.2, 0.25) is 0 Å². The van der Waals surface area contributed by atoms with Crippen LogP contribution < -0.4 is 5.32 Å². The Hall–Kier alpha value is -1.35. The smallest absolute Gasteiger partial charge is 0.251 e. The van der Waals surface area contributed by atoms with E-state index < -0.39 is 6.10 Å². The Morgan fingerprint density at radius 3 is 2.56 bits per heavy atom. The van der Waals surface area contributed by atoms with Crippen molar-refractivity contribution in [3.05, 3.63) is 35.4 Å². The summed E-state index contributed by atoms with van der Waals surface area (Å²) in [4.78, 5) is 12.0. The monoisotopic (exact) mass is 247 g/mol. The van der Waals surface area contributed by atoms with Crippen LogP contribution in [0, 0.1) is 0 Å². The van der Waals surface area contributed by atoms with Gasteiger partial charge < -0.3 is 10.4 Å². The summed E-state index contributed by atoms with van der Waals surface area (Å²) >= 11 is 0. The standard InChI is InChI=1S/C15H21NO2/c1-2-11-7-9-12(10-8-11)15(18)16-13-5-3-4-6-14(13)17/h7-10,13-14,17H,2-6H2,1H3,(H,16,18)/t13-,14-/m0/s1. The minimum Gasteiger partial charge on any atom is -0.391 e. The predicted octanol–water partition coefficient (Wildman–Crippen LogP) is 2.28. The van der Waals surface area contributed by atoms with Crippen LogP contribution in [0.3, 0.4) is 0 Å². The Balaban J connectivity index is 1.97. The fourth-order valence-corrected chi connectivity index (χ4v) is 2.42. The zero-order chi connectivity index (χ0) is 13.0. The third kappa shape index (κ3) is 3.10. The van der Waals surface area contributed by atoms with Gasteiger partial charge in [-0.15, -0.1) is 0 Å². The lowest BCUT2D eigenvalue weighted by molar-refractivity contribution is 0.0717. The normalized spacial score (nSPS) is 23.7. The number of nitrogens with one attached hydrogen (secondary N) is 1. The highest BCUT2D eigenvalue weighted by Crippen LogP contribution is 2.18. The van der Waals surface area contributed by atoms with E-state index in [1.54, 1.807) is 0 Å². The number of benzene rings is 1. The summed E-state index contributed by atoms with van der Waals surface area (Å²) < 4.78 is 0. The van der Waals surface area contributed by atoms with Crippen LogP contribution in [0.15, 0.2) is 24.3 Å². The third-order valence-corrected chi connectivity index (χ3v) is 3.67. The van der Waals surface area contributed by atoms with E-state index in [2.05, 4.69) is 12.2 Å². The number of aliphatic hydroxyl groups excluding tert-OH is 1. The summed E-state index contributed by atoms with van der Waals surface area (Å²) in [5, 5.41) is 12.8. The topological polar surface area (TPSA) is 49.3 Å². The number of carbonyl (C=O) groups excluding carboxylic acids is 1. The molecule has 1 aliphatic rings.